The third kappa shape index (κ3) is 49.2. The molecule has 0 aliphatic heterocycles. The molecule has 0 saturated heterocycles. The molecule has 0 aliphatic rings. The van der Waals surface area contributed by atoms with E-state index in [1.165, 1.54) is 212 Å². The largest absolute Gasteiger partial charge is 0.462 e. The van der Waals surface area contributed by atoms with Gasteiger partial charge in [-0.05, 0) is 44.9 Å². The lowest BCUT2D eigenvalue weighted by molar-refractivity contribution is -0.167. The summed E-state index contributed by atoms with van der Waals surface area (Å²) in [6.45, 7) is 6.67. The van der Waals surface area contributed by atoms with Crippen LogP contribution in [0.15, 0.2) is 12.2 Å². The minimum atomic E-state index is -0.765. The highest BCUT2D eigenvalue weighted by Crippen LogP contribution is 2.17. The predicted octanol–water partition coefficient (Wildman–Crippen LogP) is 18.2. The van der Waals surface area contributed by atoms with Crippen LogP contribution in [0.5, 0.6) is 0 Å². The van der Waals surface area contributed by atoms with Crippen molar-refractivity contribution in [2.75, 3.05) is 13.2 Å². The fraction of sp³-hybridized carbons (Fsp3) is 0.911. The van der Waals surface area contributed by atoms with E-state index in [2.05, 4.69) is 32.9 Å². The quantitative estimate of drug-likeness (QED) is 0.0262. The van der Waals surface area contributed by atoms with Crippen LogP contribution in [0, 0.1) is 0 Å². The Morgan fingerprint density at radius 3 is 0.806 bits per heavy atom. The van der Waals surface area contributed by atoms with Crippen molar-refractivity contribution in [3.05, 3.63) is 12.2 Å². The molecular weight excluding hydrogens is 769 g/mol. The van der Waals surface area contributed by atoms with Crippen LogP contribution in [0.3, 0.4) is 0 Å². The SMILES string of the molecule is CCCCCCCC/C=C\CCCCCCCCCC(=O)O[C@@H](COC(=O)CCCCCCCCCCCCCC)COC(=O)CCCCCCCCCCCCCCCCC. The van der Waals surface area contributed by atoms with Crippen molar-refractivity contribution in [2.24, 2.45) is 0 Å². The first-order valence-electron chi connectivity index (χ1n) is 27.7. The van der Waals surface area contributed by atoms with Gasteiger partial charge < -0.3 is 14.2 Å². The van der Waals surface area contributed by atoms with Crippen molar-refractivity contribution in [1.82, 2.24) is 0 Å². The molecule has 62 heavy (non-hydrogen) atoms. The normalized spacial score (nSPS) is 12.0. The fourth-order valence-corrected chi connectivity index (χ4v) is 8.32. The van der Waals surface area contributed by atoms with Crippen LogP contribution >= 0.6 is 0 Å². The molecular formula is C56H106O6. The Morgan fingerprint density at radius 2 is 0.532 bits per heavy atom. The van der Waals surface area contributed by atoms with E-state index in [1.807, 2.05) is 0 Å². The first kappa shape index (κ1) is 60.2. The Kier molecular flexibility index (Phi) is 50.2. The van der Waals surface area contributed by atoms with E-state index in [9.17, 15) is 14.4 Å². The van der Waals surface area contributed by atoms with E-state index in [-0.39, 0.29) is 31.1 Å². The molecule has 0 saturated carbocycles. The van der Waals surface area contributed by atoms with E-state index in [1.54, 1.807) is 0 Å². The number of unbranched alkanes of at least 4 members (excludes halogenated alkanes) is 38. The van der Waals surface area contributed by atoms with Gasteiger partial charge in [-0.25, -0.2) is 0 Å². The lowest BCUT2D eigenvalue weighted by Gasteiger charge is -2.18. The van der Waals surface area contributed by atoms with Gasteiger partial charge in [0.2, 0.25) is 0 Å². The molecule has 0 rings (SSSR count). The Labute approximate surface area is 386 Å². The number of rotatable bonds is 51. The van der Waals surface area contributed by atoms with Crippen LogP contribution in [0.25, 0.3) is 0 Å². The number of carbonyl (C=O) groups is 3. The van der Waals surface area contributed by atoms with Crippen LogP contribution in [0.1, 0.15) is 310 Å². The molecule has 0 aromatic rings. The number of ether oxygens (including phenoxy) is 3. The number of hydrogen-bond donors (Lipinski definition) is 0. The topological polar surface area (TPSA) is 78.9 Å². The zero-order valence-corrected chi connectivity index (χ0v) is 41.9. The molecule has 0 unspecified atom stereocenters. The van der Waals surface area contributed by atoms with E-state index in [0.717, 1.165) is 57.8 Å². The van der Waals surface area contributed by atoms with Gasteiger partial charge in [-0.15, -0.1) is 0 Å². The van der Waals surface area contributed by atoms with Gasteiger partial charge >= 0.3 is 17.9 Å². The molecule has 0 bridgehead atoms. The lowest BCUT2D eigenvalue weighted by Crippen LogP contribution is -2.30. The Balaban J connectivity index is 4.31. The molecule has 6 nitrogen and oxygen atoms in total. The van der Waals surface area contributed by atoms with Gasteiger partial charge in [0, 0.05) is 19.3 Å². The first-order chi connectivity index (χ1) is 30.5. The predicted molar refractivity (Wildman–Crippen MR) is 266 cm³/mol. The van der Waals surface area contributed by atoms with Crippen LogP contribution in [0.4, 0.5) is 0 Å². The molecule has 0 spiro atoms. The average Bonchev–Trinajstić information content (AvgIpc) is 3.27. The number of allylic oxidation sites excluding steroid dienone is 2. The second-order valence-electron chi connectivity index (χ2n) is 18.9. The summed E-state index contributed by atoms with van der Waals surface area (Å²) in [4.78, 5) is 38.0. The molecule has 0 N–H and O–H groups in total. The highest BCUT2D eigenvalue weighted by atomic mass is 16.6. The van der Waals surface area contributed by atoms with Crippen molar-refractivity contribution in [3.63, 3.8) is 0 Å². The molecule has 6 heteroatoms. The smallest absolute Gasteiger partial charge is 0.306 e. The summed E-state index contributed by atoms with van der Waals surface area (Å²) in [5.41, 5.74) is 0. The van der Waals surface area contributed by atoms with Crippen LogP contribution in [-0.4, -0.2) is 37.2 Å². The van der Waals surface area contributed by atoms with Crippen LogP contribution < -0.4 is 0 Å². The monoisotopic (exact) mass is 875 g/mol. The summed E-state index contributed by atoms with van der Waals surface area (Å²) < 4.78 is 16.8. The van der Waals surface area contributed by atoms with Crippen LogP contribution in [0.2, 0.25) is 0 Å². The van der Waals surface area contributed by atoms with Crippen molar-refractivity contribution in [2.45, 2.75) is 316 Å². The Bertz CT molecular complexity index is 962. The summed E-state index contributed by atoms with van der Waals surface area (Å²) in [6, 6.07) is 0. The van der Waals surface area contributed by atoms with Gasteiger partial charge in [-0.3, -0.25) is 14.4 Å². The highest BCUT2D eigenvalue weighted by Gasteiger charge is 2.19. The third-order valence-electron chi connectivity index (χ3n) is 12.5. The number of hydrogen-bond acceptors (Lipinski definition) is 6. The summed E-state index contributed by atoms with van der Waals surface area (Å²) in [7, 11) is 0. The van der Waals surface area contributed by atoms with E-state index in [4.69, 9.17) is 14.2 Å². The van der Waals surface area contributed by atoms with Gasteiger partial charge in [0.25, 0.3) is 0 Å². The second-order valence-corrected chi connectivity index (χ2v) is 18.9. The number of carbonyl (C=O) groups excluding carboxylic acids is 3. The molecule has 0 aromatic carbocycles. The molecule has 0 amide bonds. The minimum absolute atomic E-state index is 0.0660. The van der Waals surface area contributed by atoms with E-state index >= 15 is 0 Å². The van der Waals surface area contributed by atoms with Gasteiger partial charge in [-0.2, -0.15) is 0 Å². The standard InChI is InChI=1S/C56H106O6/c1-4-7-10-13-16-19-22-25-27-28-30-32-35-38-41-44-47-50-56(59)62-53(51-60-54(57)48-45-42-39-36-33-24-21-18-15-12-9-6-3)52-61-55(58)49-46-43-40-37-34-31-29-26-23-20-17-14-11-8-5-2/h25,27,53H,4-24,26,28-52H2,1-3H3/b27-25-/t53-/m0/s1. The van der Waals surface area contributed by atoms with Crippen molar-refractivity contribution >= 4 is 17.9 Å². The minimum Gasteiger partial charge on any atom is -0.462 e. The highest BCUT2D eigenvalue weighted by molar-refractivity contribution is 5.71. The lowest BCUT2D eigenvalue weighted by atomic mass is 10.0. The Morgan fingerprint density at radius 1 is 0.306 bits per heavy atom. The summed E-state index contributed by atoms with van der Waals surface area (Å²) in [6.07, 6.45) is 57.6. The van der Waals surface area contributed by atoms with Crippen molar-refractivity contribution in [1.29, 1.82) is 0 Å². The molecule has 0 radical (unpaired) electrons. The van der Waals surface area contributed by atoms with Crippen molar-refractivity contribution in [3.8, 4) is 0 Å². The Hall–Kier alpha value is -1.85. The number of esters is 3. The molecule has 0 heterocycles. The van der Waals surface area contributed by atoms with Gasteiger partial charge in [0.1, 0.15) is 13.2 Å². The summed E-state index contributed by atoms with van der Waals surface area (Å²) in [5.74, 6) is -0.850. The van der Waals surface area contributed by atoms with Gasteiger partial charge in [0.15, 0.2) is 6.10 Å². The molecule has 0 fully saturated rings. The third-order valence-corrected chi connectivity index (χ3v) is 12.5. The maximum Gasteiger partial charge on any atom is 0.306 e. The summed E-state index contributed by atoms with van der Waals surface area (Å²) >= 11 is 0. The first-order valence-corrected chi connectivity index (χ1v) is 27.7. The maximum absolute atomic E-state index is 12.8. The molecule has 366 valence electrons. The van der Waals surface area contributed by atoms with Gasteiger partial charge in [-0.1, -0.05) is 258 Å². The zero-order valence-electron chi connectivity index (χ0n) is 41.9. The maximum atomic E-state index is 12.8. The summed E-state index contributed by atoms with van der Waals surface area (Å²) in [5, 5.41) is 0. The average molecular weight is 875 g/mol. The van der Waals surface area contributed by atoms with Gasteiger partial charge in [0.05, 0.1) is 0 Å². The zero-order chi connectivity index (χ0) is 45.1. The second kappa shape index (κ2) is 51.8. The molecule has 0 aromatic heterocycles. The molecule has 0 aliphatic carbocycles. The van der Waals surface area contributed by atoms with Crippen LogP contribution in [-0.2, 0) is 28.6 Å². The fourth-order valence-electron chi connectivity index (χ4n) is 8.32. The molecule has 1 atom stereocenters. The van der Waals surface area contributed by atoms with E-state index in [0.29, 0.717) is 19.3 Å². The van der Waals surface area contributed by atoms with Crippen molar-refractivity contribution < 1.29 is 28.6 Å². The van der Waals surface area contributed by atoms with E-state index < -0.39 is 6.10 Å².